The highest BCUT2D eigenvalue weighted by molar-refractivity contribution is 6.77. The first-order chi connectivity index (χ1) is 12.2. The Hall–Kier alpha value is -1.24. The molecular weight excluding hydrogens is 351 g/mol. The van der Waals surface area contributed by atoms with Crippen LogP contribution in [0.2, 0.25) is 16.6 Å². The highest BCUT2D eigenvalue weighted by Crippen LogP contribution is 2.42. The molecule has 0 saturated heterocycles. The third-order valence-electron chi connectivity index (χ3n) is 5.06. The van der Waals surface area contributed by atoms with E-state index in [1.807, 2.05) is 0 Å². The second kappa shape index (κ2) is 10.2. The molecule has 0 atom stereocenters. The molecule has 0 radical (unpaired) electrons. The van der Waals surface area contributed by atoms with Gasteiger partial charge in [0.2, 0.25) is 0 Å². The number of ether oxygens (including phenoxy) is 2. The molecule has 0 aromatic heterocycles. The van der Waals surface area contributed by atoms with Crippen LogP contribution in [0.4, 0.5) is 4.39 Å². The van der Waals surface area contributed by atoms with Crippen LogP contribution in [0.1, 0.15) is 57.5 Å². The summed E-state index contributed by atoms with van der Waals surface area (Å²) < 4.78 is 31.3. The summed E-state index contributed by atoms with van der Waals surface area (Å²) in [5, 5.41) is 0. The zero-order chi connectivity index (χ0) is 19.9. The van der Waals surface area contributed by atoms with E-state index in [4.69, 9.17) is 13.9 Å². The van der Waals surface area contributed by atoms with Crippen molar-refractivity contribution < 1.29 is 23.1 Å². The number of carbonyl (C=O) groups excluding carboxylic acids is 1. The van der Waals surface area contributed by atoms with Gasteiger partial charge in [-0.05, 0) is 28.8 Å². The standard InChI is InChI=1S/C20H33FO4Si/c1-14(2)26(15(3)4,16(5)6)25-9-8-24-13-18-11-19(23-7)10-17(12-22)20(18)21/h10-12,14-16H,8-9,13H2,1-7H3. The lowest BCUT2D eigenvalue weighted by molar-refractivity contribution is 0.0812. The van der Waals surface area contributed by atoms with Crippen molar-refractivity contribution in [2.24, 2.45) is 0 Å². The van der Waals surface area contributed by atoms with E-state index in [1.54, 1.807) is 6.07 Å². The minimum absolute atomic E-state index is 0.0231. The van der Waals surface area contributed by atoms with Crippen LogP contribution in [0, 0.1) is 5.82 Å². The van der Waals surface area contributed by atoms with Crippen molar-refractivity contribution in [3.05, 3.63) is 29.1 Å². The van der Waals surface area contributed by atoms with Gasteiger partial charge in [-0.1, -0.05) is 41.5 Å². The fraction of sp³-hybridized carbons (Fsp3) is 0.650. The smallest absolute Gasteiger partial charge is 0.200 e. The Morgan fingerprint density at radius 3 is 2.08 bits per heavy atom. The summed E-state index contributed by atoms with van der Waals surface area (Å²) in [4.78, 5) is 11.0. The van der Waals surface area contributed by atoms with Crippen LogP contribution in [-0.4, -0.2) is 34.9 Å². The Morgan fingerprint density at radius 1 is 1.04 bits per heavy atom. The summed E-state index contributed by atoms with van der Waals surface area (Å²) in [7, 11) is -0.437. The van der Waals surface area contributed by atoms with E-state index >= 15 is 0 Å². The number of benzene rings is 1. The van der Waals surface area contributed by atoms with Crippen molar-refractivity contribution in [2.45, 2.75) is 64.8 Å². The van der Waals surface area contributed by atoms with Crippen LogP contribution in [0.5, 0.6) is 5.75 Å². The molecule has 1 rings (SSSR count). The van der Waals surface area contributed by atoms with Crippen LogP contribution in [0.25, 0.3) is 0 Å². The predicted octanol–water partition coefficient (Wildman–Crippen LogP) is 5.36. The first-order valence-corrected chi connectivity index (χ1v) is 11.4. The van der Waals surface area contributed by atoms with Gasteiger partial charge in [0.15, 0.2) is 14.6 Å². The number of hydrogen-bond donors (Lipinski definition) is 0. The average Bonchev–Trinajstić information content (AvgIpc) is 2.58. The summed E-state index contributed by atoms with van der Waals surface area (Å²) in [6, 6.07) is 2.93. The normalized spacial score (nSPS) is 12.3. The first-order valence-electron chi connectivity index (χ1n) is 9.23. The summed E-state index contributed by atoms with van der Waals surface area (Å²) in [6.07, 6.45) is 0.484. The molecule has 0 amide bonds. The Labute approximate surface area is 158 Å². The second-order valence-electron chi connectivity index (χ2n) is 7.53. The average molecular weight is 385 g/mol. The molecule has 0 unspecified atom stereocenters. The molecule has 148 valence electrons. The van der Waals surface area contributed by atoms with E-state index in [1.165, 1.54) is 13.2 Å². The highest BCUT2D eigenvalue weighted by atomic mass is 28.4. The third-order valence-corrected chi connectivity index (χ3v) is 11.2. The quantitative estimate of drug-likeness (QED) is 0.293. The van der Waals surface area contributed by atoms with Gasteiger partial charge in [0.1, 0.15) is 11.6 Å². The monoisotopic (exact) mass is 384 g/mol. The Morgan fingerprint density at radius 2 is 1.62 bits per heavy atom. The van der Waals surface area contributed by atoms with E-state index in [2.05, 4.69) is 41.5 Å². The minimum atomic E-state index is -1.92. The maximum absolute atomic E-state index is 14.2. The van der Waals surface area contributed by atoms with Gasteiger partial charge in [-0.15, -0.1) is 0 Å². The van der Waals surface area contributed by atoms with Crippen molar-refractivity contribution in [1.82, 2.24) is 0 Å². The van der Waals surface area contributed by atoms with Gasteiger partial charge < -0.3 is 13.9 Å². The minimum Gasteiger partial charge on any atom is -0.497 e. The molecule has 0 spiro atoms. The molecule has 0 aliphatic heterocycles. The number of aldehydes is 1. The molecule has 0 saturated carbocycles. The van der Waals surface area contributed by atoms with E-state index in [9.17, 15) is 9.18 Å². The number of rotatable bonds is 11. The molecule has 1 aromatic carbocycles. The zero-order valence-electron chi connectivity index (χ0n) is 17.1. The highest BCUT2D eigenvalue weighted by Gasteiger charge is 2.44. The Kier molecular flexibility index (Phi) is 8.93. The van der Waals surface area contributed by atoms with Gasteiger partial charge in [0, 0.05) is 5.56 Å². The van der Waals surface area contributed by atoms with Crippen LogP contribution in [-0.2, 0) is 15.8 Å². The van der Waals surface area contributed by atoms with Gasteiger partial charge in [-0.3, -0.25) is 4.79 Å². The summed E-state index contributed by atoms with van der Waals surface area (Å²) >= 11 is 0. The molecule has 4 nitrogen and oxygen atoms in total. The molecule has 6 heteroatoms. The molecule has 0 aliphatic rings. The predicted molar refractivity (Wildman–Crippen MR) is 105 cm³/mol. The van der Waals surface area contributed by atoms with Crippen molar-refractivity contribution >= 4 is 14.6 Å². The van der Waals surface area contributed by atoms with Gasteiger partial charge in [-0.25, -0.2) is 4.39 Å². The maximum atomic E-state index is 14.2. The fourth-order valence-corrected chi connectivity index (χ4v) is 9.38. The lowest BCUT2D eigenvalue weighted by Crippen LogP contribution is -2.48. The molecular formula is C20H33FO4Si. The van der Waals surface area contributed by atoms with Gasteiger partial charge in [0.25, 0.3) is 0 Å². The topological polar surface area (TPSA) is 44.8 Å². The second-order valence-corrected chi connectivity index (χ2v) is 13.0. The van der Waals surface area contributed by atoms with Gasteiger partial charge in [-0.2, -0.15) is 0 Å². The molecule has 1 aromatic rings. The van der Waals surface area contributed by atoms with Crippen LogP contribution >= 0.6 is 0 Å². The SMILES string of the molecule is COc1cc(C=O)c(F)c(COCCO[Si](C(C)C)(C(C)C)C(C)C)c1. The van der Waals surface area contributed by atoms with E-state index < -0.39 is 14.1 Å². The maximum Gasteiger partial charge on any atom is 0.200 e. The van der Waals surface area contributed by atoms with E-state index in [0.717, 1.165) is 0 Å². The number of carbonyl (C=O) groups is 1. The van der Waals surface area contributed by atoms with Crippen molar-refractivity contribution in [1.29, 1.82) is 0 Å². The van der Waals surface area contributed by atoms with Crippen molar-refractivity contribution in [2.75, 3.05) is 20.3 Å². The number of hydrogen-bond acceptors (Lipinski definition) is 4. The van der Waals surface area contributed by atoms with Gasteiger partial charge >= 0.3 is 0 Å². The Balaban J connectivity index is 2.68. The number of halogens is 1. The van der Waals surface area contributed by atoms with Gasteiger partial charge in [0.05, 0.1) is 32.5 Å². The lowest BCUT2D eigenvalue weighted by Gasteiger charge is -2.42. The Bertz CT molecular complexity index is 566. The van der Waals surface area contributed by atoms with Crippen LogP contribution in [0.3, 0.4) is 0 Å². The van der Waals surface area contributed by atoms with Crippen LogP contribution in [0.15, 0.2) is 12.1 Å². The lowest BCUT2D eigenvalue weighted by atomic mass is 10.1. The molecule has 0 N–H and O–H groups in total. The molecule has 0 fully saturated rings. The summed E-state index contributed by atoms with van der Waals surface area (Å²) in [5.74, 6) is -0.119. The molecule has 0 bridgehead atoms. The van der Waals surface area contributed by atoms with E-state index in [0.29, 0.717) is 47.4 Å². The van der Waals surface area contributed by atoms with Crippen molar-refractivity contribution in [3.8, 4) is 5.75 Å². The summed E-state index contributed by atoms with van der Waals surface area (Å²) in [6.45, 7) is 14.4. The largest absolute Gasteiger partial charge is 0.497 e. The number of methoxy groups -OCH3 is 1. The zero-order valence-corrected chi connectivity index (χ0v) is 18.1. The third kappa shape index (κ3) is 5.15. The van der Waals surface area contributed by atoms with E-state index in [-0.39, 0.29) is 12.2 Å². The molecule has 0 heterocycles. The summed E-state index contributed by atoms with van der Waals surface area (Å²) in [5.41, 5.74) is 1.81. The fourth-order valence-electron chi connectivity index (χ4n) is 3.95. The van der Waals surface area contributed by atoms with Crippen molar-refractivity contribution in [3.63, 3.8) is 0 Å². The molecule has 0 aliphatic carbocycles. The molecule has 26 heavy (non-hydrogen) atoms. The first kappa shape index (κ1) is 22.8. The van der Waals surface area contributed by atoms with Crippen LogP contribution < -0.4 is 4.74 Å².